The maximum absolute atomic E-state index is 13.2. The van der Waals surface area contributed by atoms with E-state index in [0.717, 1.165) is 47.1 Å². The van der Waals surface area contributed by atoms with Crippen molar-refractivity contribution in [3.8, 4) is 5.75 Å². The zero-order valence-electron chi connectivity index (χ0n) is 18.5. The normalized spacial score (nSPS) is 13.1. The van der Waals surface area contributed by atoms with Gasteiger partial charge in [-0.05, 0) is 90.1 Å². The summed E-state index contributed by atoms with van der Waals surface area (Å²) in [5.74, 6) is -1.02. The minimum absolute atomic E-state index is 0.0962. The maximum Gasteiger partial charge on any atom is 0.335 e. The van der Waals surface area contributed by atoms with E-state index in [0.29, 0.717) is 16.5 Å². The molecular weight excluding hydrogens is 457 g/mol. The van der Waals surface area contributed by atoms with Crippen LogP contribution in [-0.4, -0.2) is 17.0 Å². The molecule has 5 nitrogen and oxygen atoms in total. The number of carbonyl (C=O) groups is 2. The van der Waals surface area contributed by atoms with Crippen LogP contribution in [0.1, 0.15) is 53.2 Å². The van der Waals surface area contributed by atoms with Crippen molar-refractivity contribution < 1.29 is 23.8 Å². The zero-order valence-corrected chi connectivity index (χ0v) is 19.3. The van der Waals surface area contributed by atoms with Gasteiger partial charge in [-0.3, -0.25) is 4.79 Å². The first-order valence-corrected chi connectivity index (χ1v) is 11.2. The molecule has 174 valence electrons. The molecule has 34 heavy (non-hydrogen) atoms. The zero-order chi connectivity index (χ0) is 24.2. The molecule has 0 heterocycles. The Labute approximate surface area is 201 Å². The van der Waals surface area contributed by atoms with Crippen molar-refractivity contribution in [3.05, 3.63) is 93.8 Å². The Balaban J connectivity index is 1.75. The van der Waals surface area contributed by atoms with E-state index in [-0.39, 0.29) is 23.9 Å². The number of ether oxygens (including phenoxy) is 1. The predicted octanol–water partition coefficient (Wildman–Crippen LogP) is 6.81. The van der Waals surface area contributed by atoms with Crippen LogP contribution in [0.5, 0.6) is 5.75 Å². The Bertz CT molecular complexity index is 1280. The first-order valence-electron chi connectivity index (χ1n) is 10.9. The molecule has 1 amide bonds. The molecule has 0 aromatic heterocycles. The van der Waals surface area contributed by atoms with E-state index in [4.69, 9.17) is 16.3 Å². The number of carboxylic acid groups (broad SMARTS) is 1. The Morgan fingerprint density at radius 3 is 2.47 bits per heavy atom. The number of amides is 1. The van der Waals surface area contributed by atoms with Crippen LogP contribution in [0.3, 0.4) is 0 Å². The van der Waals surface area contributed by atoms with E-state index in [1.54, 1.807) is 36.4 Å². The van der Waals surface area contributed by atoms with Gasteiger partial charge in [0.25, 0.3) is 0 Å². The summed E-state index contributed by atoms with van der Waals surface area (Å²) in [6.45, 7) is 1.64. The highest BCUT2D eigenvalue weighted by atomic mass is 35.5. The summed E-state index contributed by atoms with van der Waals surface area (Å²) >= 11 is 6.33. The fraction of sp³-hybridized carbons (Fsp3) is 0.185. The molecule has 4 rings (SSSR count). The number of aromatic carboxylic acids is 1. The van der Waals surface area contributed by atoms with Gasteiger partial charge in [-0.1, -0.05) is 23.7 Å². The Hall–Kier alpha value is -3.64. The Morgan fingerprint density at radius 2 is 1.76 bits per heavy atom. The Morgan fingerprint density at radius 1 is 1.03 bits per heavy atom. The third-order valence-corrected chi connectivity index (χ3v) is 5.88. The van der Waals surface area contributed by atoms with Crippen molar-refractivity contribution in [2.45, 2.75) is 32.8 Å². The van der Waals surface area contributed by atoms with Crippen LogP contribution in [0.2, 0.25) is 5.02 Å². The van der Waals surface area contributed by atoms with Crippen molar-refractivity contribution in [2.75, 3.05) is 5.32 Å². The number of nitrogens with one attached hydrogen (secondary N) is 1. The van der Waals surface area contributed by atoms with E-state index >= 15 is 0 Å². The second-order valence-corrected chi connectivity index (χ2v) is 8.59. The van der Waals surface area contributed by atoms with Gasteiger partial charge in [-0.25, -0.2) is 9.18 Å². The molecule has 2 N–H and O–H groups in total. The number of hydrogen-bond acceptors (Lipinski definition) is 3. The molecule has 0 fully saturated rings. The molecular formula is C27H23ClFNO4. The Kier molecular flexibility index (Phi) is 6.98. The largest absolute Gasteiger partial charge is 0.488 e. The number of carbonyl (C=O) groups excluding carboxylic acids is 1. The van der Waals surface area contributed by atoms with Crippen molar-refractivity contribution in [2.24, 2.45) is 0 Å². The fourth-order valence-corrected chi connectivity index (χ4v) is 4.34. The molecule has 0 saturated carbocycles. The predicted molar refractivity (Wildman–Crippen MR) is 131 cm³/mol. The van der Waals surface area contributed by atoms with Crippen LogP contribution in [0.4, 0.5) is 10.1 Å². The maximum atomic E-state index is 13.2. The van der Waals surface area contributed by atoms with Crippen molar-refractivity contribution in [1.29, 1.82) is 0 Å². The number of anilines is 1. The molecule has 0 unspecified atom stereocenters. The summed E-state index contributed by atoms with van der Waals surface area (Å²) in [6.07, 6.45) is 2.42. The molecule has 0 aliphatic heterocycles. The van der Waals surface area contributed by atoms with E-state index in [1.165, 1.54) is 25.1 Å². The van der Waals surface area contributed by atoms with Crippen LogP contribution < -0.4 is 10.1 Å². The SMILES string of the molecule is CC(=O)Nc1cc(C(=O)O)cc(C2=C(c3cc(Cl)ccc3OCc3ccc(F)cc3)CCC2)c1. The number of rotatable bonds is 7. The molecule has 0 bridgehead atoms. The molecule has 3 aromatic rings. The van der Waals surface area contributed by atoms with Gasteiger partial charge in [0.05, 0.1) is 5.56 Å². The fourth-order valence-electron chi connectivity index (χ4n) is 4.17. The summed E-state index contributed by atoms with van der Waals surface area (Å²) in [6, 6.07) is 16.4. The topological polar surface area (TPSA) is 75.6 Å². The first-order chi connectivity index (χ1) is 16.3. The second-order valence-electron chi connectivity index (χ2n) is 8.15. The lowest BCUT2D eigenvalue weighted by Gasteiger charge is -2.16. The van der Waals surface area contributed by atoms with Crippen LogP contribution in [0.25, 0.3) is 11.1 Å². The van der Waals surface area contributed by atoms with Gasteiger partial charge in [0.2, 0.25) is 5.91 Å². The highest BCUT2D eigenvalue weighted by molar-refractivity contribution is 6.30. The third kappa shape index (κ3) is 5.46. The van der Waals surface area contributed by atoms with E-state index in [2.05, 4.69) is 5.32 Å². The van der Waals surface area contributed by atoms with Crippen molar-refractivity contribution in [3.63, 3.8) is 0 Å². The number of carboxylic acids is 1. The minimum Gasteiger partial charge on any atom is -0.488 e. The highest BCUT2D eigenvalue weighted by Crippen LogP contribution is 2.44. The lowest BCUT2D eigenvalue weighted by Crippen LogP contribution is -2.08. The third-order valence-electron chi connectivity index (χ3n) is 5.64. The van der Waals surface area contributed by atoms with Gasteiger partial charge in [0.15, 0.2) is 0 Å². The molecule has 7 heteroatoms. The van der Waals surface area contributed by atoms with Crippen LogP contribution in [0, 0.1) is 5.82 Å². The monoisotopic (exact) mass is 479 g/mol. The molecule has 0 spiro atoms. The van der Waals surface area contributed by atoms with Gasteiger partial charge in [0.1, 0.15) is 18.2 Å². The number of hydrogen-bond donors (Lipinski definition) is 2. The standard InChI is InChI=1S/C27H23ClFNO4/c1-16(31)30-22-12-18(11-19(13-22)27(32)33)23-3-2-4-24(23)25-14-20(28)7-10-26(25)34-15-17-5-8-21(29)9-6-17/h5-14H,2-4,15H2,1H3,(H,30,31)(H,32,33). The van der Waals surface area contributed by atoms with Gasteiger partial charge in [-0.2, -0.15) is 0 Å². The molecule has 0 atom stereocenters. The number of allylic oxidation sites excluding steroid dienone is 2. The van der Waals surface area contributed by atoms with E-state index < -0.39 is 5.97 Å². The second kappa shape index (κ2) is 10.1. The molecule has 1 aliphatic carbocycles. The summed E-state index contributed by atoms with van der Waals surface area (Å²) in [5.41, 5.74) is 4.94. The average molecular weight is 480 g/mol. The highest BCUT2D eigenvalue weighted by Gasteiger charge is 2.22. The molecule has 0 radical (unpaired) electrons. The lowest BCUT2D eigenvalue weighted by atomic mass is 9.94. The average Bonchev–Trinajstić information content (AvgIpc) is 3.28. The molecule has 1 aliphatic rings. The number of benzene rings is 3. The van der Waals surface area contributed by atoms with Gasteiger partial charge in [0, 0.05) is 23.2 Å². The molecule has 0 saturated heterocycles. The smallest absolute Gasteiger partial charge is 0.335 e. The number of halogens is 2. The summed E-state index contributed by atoms with van der Waals surface area (Å²) in [4.78, 5) is 23.3. The van der Waals surface area contributed by atoms with Crippen molar-refractivity contribution in [1.82, 2.24) is 0 Å². The van der Waals surface area contributed by atoms with Crippen LogP contribution >= 0.6 is 11.6 Å². The van der Waals surface area contributed by atoms with Gasteiger partial charge < -0.3 is 15.2 Å². The molecule has 3 aromatic carbocycles. The minimum atomic E-state index is -1.07. The first kappa shape index (κ1) is 23.5. The van der Waals surface area contributed by atoms with E-state index in [1.807, 2.05) is 6.07 Å². The van der Waals surface area contributed by atoms with Crippen molar-refractivity contribution >= 4 is 40.3 Å². The van der Waals surface area contributed by atoms with Gasteiger partial charge in [-0.15, -0.1) is 0 Å². The summed E-state index contributed by atoms with van der Waals surface area (Å²) in [5, 5.41) is 12.8. The van der Waals surface area contributed by atoms with Crippen LogP contribution in [0.15, 0.2) is 60.7 Å². The summed E-state index contributed by atoms with van der Waals surface area (Å²) < 4.78 is 19.3. The summed E-state index contributed by atoms with van der Waals surface area (Å²) in [7, 11) is 0. The van der Waals surface area contributed by atoms with Crippen LogP contribution in [-0.2, 0) is 11.4 Å². The van der Waals surface area contributed by atoms with E-state index in [9.17, 15) is 19.1 Å². The van der Waals surface area contributed by atoms with Gasteiger partial charge >= 0.3 is 5.97 Å². The quantitative estimate of drug-likeness (QED) is 0.390. The lowest BCUT2D eigenvalue weighted by molar-refractivity contribution is -0.114.